The molecule has 2 N–H and O–H groups in total. The van der Waals surface area contributed by atoms with Gasteiger partial charge in [0.1, 0.15) is 5.70 Å². The molecule has 1 aromatic rings. The van der Waals surface area contributed by atoms with Crippen LogP contribution in [0.2, 0.25) is 0 Å². The van der Waals surface area contributed by atoms with Crippen molar-refractivity contribution in [3.05, 3.63) is 45.4 Å². The molecule has 1 aliphatic heterocycles. The predicted molar refractivity (Wildman–Crippen MR) is 79.4 cm³/mol. The van der Waals surface area contributed by atoms with Gasteiger partial charge in [-0.1, -0.05) is 0 Å². The van der Waals surface area contributed by atoms with Gasteiger partial charge in [0, 0.05) is 18.3 Å². The number of carbonyl (C=O) groups is 2. The largest absolute Gasteiger partial charge is 0.466 e. The summed E-state index contributed by atoms with van der Waals surface area (Å²) in [5.41, 5.74) is -0.810. The normalized spacial score (nSPS) is 14.1. The SMILES string of the molecule is COC(=O)C1=C(Nc2ccc(F)c([N+](=O)[O-])c2)C(=O)N(CCO)C1. The summed E-state index contributed by atoms with van der Waals surface area (Å²) in [6, 6.07) is 3.00. The third-order valence-electron chi connectivity index (χ3n) is 3.37. The molecule has 1 aromatic carbocycles. The molecule has 1 heterocycles. The number of esters is 1. The van der Waals surface area contributed by atoms with Crippen LogP contribution in [-0.4, -0.2) is 53.6 Å². The van der Waals surface area contributed by atoms with Gasteiger partial charge in [-0.3, -0.25) is 14.9 Å². The van der Waals surface area contributed by atoms with Crippen LogP contribution in [0.15, 0.2) is 29.5 Å². The van der Waals surface area contributed by atoms with Crippen molar-refractivity contribution in [3.8, 4) is 0 Å². The van der Waals surface area contributed by atoms with E-state index in [0.717, 1.165) is 19.2 Å². The van der Waals surface area contributed by atoms with Crippen molar-refractivity contribution >= 4 is 23.3 Å². The molecule has 0 unspecified atom stereocenters. The monoisotopic (exact) mass is 339 g/mol. The number of halogens is 1. The Morgan fingerprint density at radius 1 is 1.54 bits per heavy atom. The highest BCUT2D eigenvalue weighted by atomic mass is 19.1. The molecule has 1 aliphatic rings. The van der Waals surface area contributed by atoms with Gasteiger partial charge in [-0.05, 0) is 12.1 Å². The number of rotatable bonds is 6. The lowest BCUT2D eigenvalue weighted by molar-refractivity contribution is -0.387. The highest BCUT2D eigenvalue weighted by Gasteiger charge is 2.34. The fourth-order valence-electron chi connectivity index (χ4n) is 2.22. The maximum Gasteiger partial charge on any atom is 0.337 e. The van der Waals surface area contributed by atoms with Crippen molar-refractivity contribution in [2.75, 3.05) is 32.1 Å². The van der Waals surface area contributed by atoms with Gasteiger partial charge in [-0.15, -0.1) is 0 Å². The number of aliphatic hydroxyl groups is 1. The highest BCUT2D eigenvalue weighted by molar-refractivity contribution is 6.08. The van der Waals surface area contributed by atoms with Crippen LogP contribution in [0.1, 0.15) is 0 Å². The molecule has 9 nitrogen and oxygen atoms in total. The molecule has 10 heteroatoms. The summed E-state index contributed by atoms with van der Waals surface area (Å²) in [6.07, 6.45) is 0. The molecule has 0 bridgehead atoms. The number of aliphatic hydroxyl groups excluding tert-OH is 1. The Hall–Kier alpha value is -3.01. The van der Waals surface area contributed by atoms with Crippen LogP contribution in [-0.2, 0) is 14.3 Å². The van der Waals surface area contributed by atoms with Gasteiger partial charge in [-0.25, -0.2) is 4.79 Å². The van der Waals surface area contributed by atoms with Gasteiger partial charge in [0.2, 0.25) is 5.82 Å². The second-order valence-corrected chi connectivity index (χ2v) is 4.84. The van der Waals surface area contributed by atoms with Gasteiger partial charge in [0.15, 0.2) is 0 Å². The van der Waals surface area contributed by atoms with Crippen molar-refractivity contribution in [2.24, 2.45) is 0 Å². The molecule has 0 aromatic heterocycles. The Bertz CT molecular complexity index is 733. The van der Waals surface area contributed by atoms with E-state index in [4.69, 9.17) is 5.11 Å². The van der Waals surface area contributed by atoms with Gasteiger partial charge < -0.3 is 20.1 Å². The molecule has 0 aliphatic carbocycles. The van der Waals surface area contributed by atoms with E-state index in [-0.39, 0.29) is 36.7 Å². The van der Waals surface area contributed by atoms with Crippen molar-refractivity contribution in [1.29, 1.82) is 0 Å². The van der Waals surface area contributed by atoms with Crippen LogP contribution in [0.25, 0.3) is 0 Å². The number of nitrogens with zero attached hydrogens (tertiary/aromatic N) is 2. The van der Waals surface area contributed by atoms with E-state index in [2.05, 4.69) is 10.1 Å². The zero-order valence-corrected chi connectivity index (χ0v) is 12.6. The number of β-amino-alcohol motifs (C(OH)–C–C–N with tert-alkyl or cyclic N) is 1. The topological polar surface area (TPSA) is 122 Å². The van der Waals surface area contributed by atoms with Crippen molar-refractivity contribution in [3.63, 3.8) is 0 Å². The van der Waals surface area contributed by atoms with E-state index in [9.17, 15) is 24.1 Å². The summed E-state index contributed by atoms with van der Waals surface area (Å²) < 4.78 is 18.0. The summed E-state index contributed by atoms with van der Waals surface area (Å²) in [5, 5.41) is 22.3. The molecule has 0 saturated heterocycles. The van der Waals surface area contributed by atoms with Crippen molar-refractivity contribution in [2.45, 2.75) is 0 Å². The van der Waals surface area contributed by atoms with Crippen LogP contribution in [0.5, 0.6) is 0 Å². The Kier molecular flexibility index (Phi) is 5.09. The Labute approximate surface area is 135 Å². The van der Waals surface area contributed by atoms with E-state index in [1.165, 1.54) is 11.0 Å². The molecular weight excluding hydrogens is 325 g/mol. The second-order valence-electron chi connectivity index (χ2n) is 4.84. The number of nitro benzene ring substituents is 1. The number of hydrogen-bond donors (Lipinski definition) is 2. The van der Waals surface area contributed by atoms with E-state index in [1.54, 1.807) is 0 Å². The summed E-state index contributed by atoms with van der Waals surface area (Å²) in [4.78, 5) is 35.2. The molecular formula is C14H14FN3O6. The van der Waals surface area contributed by atoms with Crippen LogP contribution in [0, 0.1) is 15.9 Å². The standard InChI is InChI=1S/C14H14FN3O6/c1-24-14(21)9-7-17(4-5-19)13(20)12(9)16-8-2-3-10(15)11(6-8)18(22)23/h2-3,6,16,19H,4-5,7H2,1H3. The van der Waals surface area contributed by atoms with Gasteiger partial charge in [0.25, 0.3) is 5.91 Å². The molecule has 2 rings (SSSR count). The van der Waals surface area contributed by atoms with Gasteiger partial charge in [0.05, 0.1) is 30.8 Å². The number of anilines is 1. The lowest BCUT2D eigenvalue weighted by Crippen LogP contribution is -2.31. The van der Waals surface area contributed by atoms with Crippen LogP contribution in [0.3, 0.4) is 0 Å². The lowest BCUT2D eigenvalue weighted by Gasteiger charge is -2.15. The van der Waals surface area contributed by atoms with Crippen molar-refractivity contribution in [1.82, 2.24) is 4.90 Å². The highest BCUT2D eigenvalue weighted by Crippen LogP contribution is 2.26. The molecule has 0 fully saturated rings. The number of benzene rings is 1. The minimum Gasteiger partial charge on any atom is -0.466 e. The minimum absolute atomic E-state index is 0.00801. The Balaban J connectivity index is 2.37. The van der Waals surface area contributed by atoms with Crippen molar-refractivity contribution < 1.29 is 28.7 Å². The fraction of sp³-hybridized carbons (Fsp3) is 0.286. The average molecular weight is 339 g/mol. The molecule has 0 spiro atoms. The molecule has 0 radical (unpaired) electrons. The third-order valence-corrected chi connectivity index (χ3v) is 3.37. The molecule has 24 heavy (non-hydrogen) atoms. The van der Waals surface area contributed by atoms with Crippen LogP contribution < -0.4 is 5.32 Å². The summed E-state index contributed by atoms with van der Waals surface area (Å²) >= 11 is 0. The summed E-state index contributed by atoms with van der Waals surface area (Å²) in [6.45, 7) is -0.360. The van der Waals surface area contributed by atoms with E-state index < -0.39 is 28.3 Å². The maximum absolute atomic E-state index is 13.4. The second kappa shape index (κ2) is 7.04. The lowest BCUT2D eigenvalue weighted by atomic mass is 10.2. The number of nitrogens with one attached hydrogen (secondary N) is 1. The maximum atomic E-state index is 13.4. The number of hydrogen-bond acceptors (Lipinski definition) is 7. The number of nitro groups is 1. The first kappa shape index (κ1) is 17.3. The Morgan fingerprint density at radius 3 is 2.83 bits per heavy atom. The first-order valence-electron chi connectivity index (χ1n) is 6.81. The number of amides is 1. The first-order valence-corrected chi connectivity index (χ1v) is 6.81. The summed E-state index contributed by atoms with van der Waals surface area (Å²) in [7, 11) is 1.15. The van der Waals surface area contributed by atoms with E-state index in [0.29, 0.717) is 0 Å². The molecule has 1 amide bonds. The first-order chi connectivity index (χ1) is 11.4. The summed E-state index contributed by atoms with van der Waals surface area (Å²) in [5.74, 6) is -2.34. The molecule has 0 saturated carbocycles. The van der Waals surface area contributed by atoms with Gasteiger partial charge in [-0.2, -0.15) is 4.39 Å². The number of methoxy groups -OCH3 is 1. The zero-order valence-electron chi connectivity index (χ0n) is 12.6. The Morgan fingerprint density at radius 2 is 2.25 bits per heavy atom. The average Bonchev–Trinajstić information content (AvgIpc) is 2.85. The predicted octanol–water partition coefficient (Wildman–Crippen LogP) is 0.407. The zero-order chi connectivity index (χ0) is 17.9. The smallest absolute Gasteiger partial charge is 0.337 e. The van der Waals surface area contributed by atoms with Gasteiger partial charge >= 0.3 is 11.7 Å². The van der Waals surface area contributed by atoms with E-state index in [1.807, 2.05) is 0 Å². The fourth-order valence-corrected chi connectivity index (χ4v) is 2.22. The minimum atomic E-state index is -1.02. The van der Waals surface area contributed by atoms with Crippen LogP contribution >= 0.6 is 0 Å². The van der Waals surface area contributed by atoms with E-state index >= 15 is 0 Å². The van der Waals surface area contributed by atoms with Crippen LogP contribution in [0.4, 0.5) is 15.8 Å². The molecule has 0 atom stereocenters. The molecule has 128 valence electrons. The third kappa shape index (κ3) is 3.33. The number of ether oxygens (including phenoxy) is 1. The number of carbonyl (C=O) groups excluding carboxylic acids is 2. The quantitative estimate of drug-likeness (QED) is 0.437.